The molecule has 0 saturated carbocycles. The monoisotopic (exact) mass is 280 g/mol. The molecule has 0 heterocycles. The maximum atomic E-state index is 12.5. The number of hydrogen-bond acceptors (Lipinski definition) is 4. The van der Waals surface area contributed by atoms with Crippen molar-refractivity contribution in [1.82, 2.24) is 4.90 Å². The van der Waals surface area contributed by atoms with Crippen molar-refractivity contribution < 1.29 is 15.0 Å². The van der Waals surface area contributed by atoms with E-state index >= 15 is 0 Å². The van der Waals surface area contributed by atoms with Crippen LogP contribution in [0.4, 0.5) is 0 Å². The van der Waals surface area contributed by atoms with Gasteiger partial charge in [0.15, 0.2) is 0 Å². The summed E-state index contributed by atoms with van der Waals surface area (Å²) in [5.41, 5.74) is 5.64. The van der Waals surface area contributed by atoms with Crippen molar-refractivity contribution in [3.8, 4) is 11.5 Å². The second-order valence-electron chi connectivity index (χ2n) is 5.80. The summed E-state index contributed by atoms with van der Waals surface area (Å²) in [6.07, 6.45) is 0.811. The Morgan fingerprint density at radius 3 is 2.55 bits per heavy atom. The minimum atomic E-state index is -0.290. The summed E-state index contributed by atoms with van der Waals surface area (Å²) in [6.45, 7) is 7.52. The number of nitrogens with zero attached hydrogens (tertiary/aromatic N) is 1. The van der Waals surface area contributed by atoms with Gasteiger partial charge in [0.25, 0.3) is 5.91 Å². The van der Waals surface area contributed by atoms with Gasteiger partial charge < -0.3 is 20.8 Å². The van der Waals surface area contributed by atoms with Crippen molar-refractivity contribution in [2.75, 3.05) is 19.6 Å². The summed E-state index contributed by atoms with van der Waals surface area (Å²) in [4.78, 5) is 14.2. The number of phenols is 2. The summed E-state index contributed by atoms with van der Waals surface area (Å²) < 4.78 is 0. The van der Waals surface area contributed by atoms with Gasteiger partial charge in [0, 0.05) is 13.1 Å². The molecule has 0 aliphatic carbocycles. The van der Waals surface area contributed by atoms with Gasteiger partial charge in [-0.25, -0.2) is 0 Å². The van der Waals surface area contributed by atoms with E-state index in [4.69, 9.17) is 5.73 Å². The number of amides is 1. The highest BCUT2D eigenvalue weighted by atomic mass is 16.3. The highest BCUT2D eigenvalue weighted by Gasteiger charge is 2.25. The third kappa shape index (κ3) is 4.13. The van der Waals surface area contributed by atoms with Crippen molar-refractivity contribution in [2.24, 2.45) is 11.1 Å². The van der Waals surface area contributed by atoms with Gasteiger partial charge in [-0.1, -0.05) is 20.8 Å². The molecule has 1 aromatic rings. The lowest BCUT2D eigenvalue weighted by Crippen LogP contribution is -2.42. The summed E-state index contributed by atoms with van der Waals surface area (Å²) in [6, 6.07) is 3.95. The van der Waals surface area contributed by atoms with Crippen LogP contribution in [0.15, 0.2) is 18.2 Å². The van der Waals surface area contributed by atoms with Crippen molar-refractivity contribution >= 4 is 5.91 Å². The Hall–Kier alpha value is -1.75. The minimum Gasteiger partial charge on any atom is -0.508 e. The summed E-state index contributed by atoms with van der Waals surface area (Å²) >= 11 is 0. The highest BCUT2D eigenvalue weighted by Crippen LogP contribution is 2.25. The van der Waals surface area contributed by atoms with Crippen LogP contribution in [0.25, 0.3) is 0 Å². The van der Waals surface area contributed by atoms with Gasteiger partial charge in [-0.2, -0.15) is 0 Å². The number of rotatable bonds is 6. The number of carbonyl (C=O) groups is 1. The fourth-order valence-corrected chi connectivity index (χ4v) is 1.97. The molecule has 0 bridgehead atoms. The molecule has 1 rings (SSSR count). The maximum Gasteiger partial charge on any atom is 0.257 e. The number of nitrogens with two attached hydrogens (primary N) is 1. The van der Waals surface area contributed by atoms with E-state index in [1.165, 1.54) is 18.2 Å². The van der Waals surface area contributed by atoms with Crippen molar-refractivity contribution in [3.05, 3.63) is 23.8 Å². The molecule has 0 unspecified atom stereocenters. The standard InChI is InChI=1S/C15H24N2O3/c1-4-7-17(10-15(2,3)9-16)14(20)12-8-11(18)5-6-13(12)19/h5-6,8,18-19H,4,7,9-10,16H2,1-3H3. The van der Waals surface area contributed by atoms with E-state index in [2.05, 4.69) is 0 Å². The number of carbonyl (C=O) groups excluding carboxylic acids is 1. The molecule has 4 N–H and O–H groups in total. The van der Waals surface area contributed by atoms with Crippen LogP contribution < -0.4 is 5.73 Å². The topological polar surface area (TPSA) is 86.8 Å². The molecule has 5 heteroatoms. The fourth-order valence-electron chi connectivity index (χ4n) is 1.97. The molecule has 1 amide bonds. The highest BCUT2D eigenvalue weighted by molar-refractivity contribution is 5.97. The Bertz CT molecular complexity index is 472. The zero-order valence-electron chi connectivity index (χ0n) is 12.4. The second-order valence-corrected chi connectivity index (χ2v) is 5.80. The lowest BCUT2D eigenvalue weighted by molar-refractivity contribution is 0.0686. The van der Waals surface area contributed by atoms with Crippen LogP contribution in [-0.2, 0) is 0 Å². The van der Waals surface area contributed by atoms with Gasteiger partial charge in [-0.3, -0.25) is 4.79 Å². The Balaban J connectivity index is 3.02. The summed E-state index contributed by atoms with van der Waals surface area (Å²) in [7, 11) is 0. The van der Waals surface area contributed by atoms with E-state index in [1.54, 1.807) is 4.90 Å². The fraction of sp³-hybridized carbons (Fsp3) is 0.533. The number of benzene rings is 1. The zero-order valence-corrected chi connectivity index (χ0v) is 12.4. The molecule has 5 nitrogen and oxygen atoms in total. The van der Waals surface area contributed by atoms with Crippen LogP contribution in [0, 0.1) is 5.41 Å². The van der Waals surface area contributed by atoms with Crippen molar-refractivity contribution in [3.63, 3.8) is 0 Å². The lowest BCUT2D eigenvalue weighted by atomic mass is 9.92. The van der Waals surface area contributed by atoms with E-state index in [1.807, 2.05) is 20.8 Å². The molecule has 0 aliphatic rings. The van der Waals surface area contributed by atoms with E-state index in [-0.39, 0.29) is 28.4 Å². The molecule has 0 aliphatic heterocycles. The molecule has 1 aromatic carbocycles. The summed E-state index contributed by atoms with van der Waals surface area (Å²) in [5, 5.41) is 19.3. The average Bonchev–Trinajstić information content (AvgIpc) is 2.40. The quantitative estimate of drug-likeness (QED) is 0.695. The number of aromatic hydroxyl groups is 2. The molecule has 20 heavy (non-hydrogen) atoms. The Morgan fingerprint density at radius 2 is 2.00 bits per heavy atom. The van der Waals surface area contributed by atoms with Gasteiger partial charge in [0.05, 0.1) is 5.56 Å². The van der Waals surface area contributed by atoms with E-state index in [0.29, 0.717) is 19.6 Å². The summed E-state index contributed by atoms with van der Waals surface area (Å²) in [5.74, 6) is -0.457. The SMILES string of the molecule is CCCN(CC(C)(C)CN)C(=O)c1cc(O)ccc1O. The third-order valence-electron chi connectivity index (χ3n) is 3.16. The normalized spacial score (nSPS) is 11.4. The smallest absolute Gasteiger partial charge is 0.257 e. The second kappa shape index (κ2) is 6.61. The van der Waals surface area contributed by atoms with Crippen LogP contribution in [0.1, 0.15) is 37.6 Å². The van der Waals surface area contributed by atoms with Crippen LogP contribution in [0.3, 0.4) is 0 Å². The predicted octanol–water partition coefficient (Wildman–Crippen LogP) is 1.93. The largest absolute Gasteiger partial charge is 0.508 e. The van der Waals surface area contributed by atoms with Gasteiger partial charge >= 0.3 is 0 Å². The Labute approximate surface area is 120 Å². The van der Waals surface area contributed by atoms with Crippen molar-refractivity contribution in [1.29, 1.82) is 0 Å². The van der Waals surface area contributed by atoms with Crippen LogP contribution >= 0.6 is 0 Å². The van der Waals surface area contributed by atoms with Crippen molar-refractivity contribution in [2.45, 2.75) is 27.2 Å². The van der Waals surface area contributed by atoms with Crippen LogP contribution in [0.5, 0.6) is 11.5 Å². The molecular weight excluding hydrogens is 256 g/mol. The van der Waals surface area contributed by atoms with Gasteiger partial charge in [-0.05, 0) is 36.6 Å². The minimum absolute atomic E-state index is 0.0410. The first-order valence-electron chi connectivity index (χ1n) is 6.82. The molecule has 0 atom stereocenters. The first-order chi connectivity index (χ1) is 9.30. The number of hydrogen-bond donors (Lipinski definition) is 3. The molecule has 0 saturated heterocycles. The van der Waals surface area contributed by atoms with Gasteiger partial charge in [-0.15, -0.1) is 0 Å². The molecule has 0 radical (unpaired) electrons. The lowest BCUT2D eigenvalue weighted by Gasteiger charge is -2.32. The zero-order chi connectivity index (χ0) is 15.3. The average molecular weight is 280 g/mol. The van der Waals surface area contributed by atoms with Gasteiger partial charge in [0.2, 0.25) is 0 Å². The first-order valence-corrected chi connectivity index (χ1v) is 6.82. The molecule has 0 fully saturated rings. The van der Waals surface area contributed by atoms with E-state index in [0.717, 1.165) is 6.42 Å². The van der Waals surface area contributed by atoms with Gasteiger partial charge in [0.1, 0.15) is 11.5 Å². The Kier molecular flexibility index (Phi) is 5.39. The first kappa shape index (κ1) is 16.3. The number of phenolic OH excluding ortho intramolecular Hbond substituents is 2. The molecule has 0 spiro atoms. The van der Waals surface area contributed by atoms with Crippen LogP contribution in [0.2, 0.25) is 0 Å². The van der Waals surface area contributed by atoms with Crippen LogP contribution in [-0.4, -0.2) is 40.7 Å². The molecule has 0 aromatic heterocycles. The van der Waals surface area contributed by atoms with E-state index in [9.17, 15) is 15.0 Å². The molecular formula is C15H24N2O3. The van der Waals surface area contributed by atoms with E-state index < -0.39 is 0 Å². The predicted molar refractivity (Wildman–Crippen MR) is 78.8 cm³/mol. The molecule has 112 valence electrons. The third-order valence-corrected chi connectivity index (χ3v) is 3.16. The maximum absolute atomic E-state index is 12.5. The Morgan fingerprint density at radius 1 is 1.35 bits per heavy atom.